The van der Waals surface area contributed by atoms with Crippen molar-refractivity contribution in [2.24, 2.45) is 5.41 Å². The molecule has 0 atom stereocenters. The molecule has 3 nitrogen and oxygen atoms in total. The number of piperidine rings is 1. The summed E-state index contributed by atoms with van der Waals surface area (Å²) in [6.45, 7) is 7.73. The number of hydrogen-bond donors (Lipinski definition) is 1. The van der Waals surface area contributed by atoms with E-state index in [1.807, 2.05) is 24.0 Å². The number of phenols is 1. The lowest BCUT2D eigenvalue weighted by atomic mass is 9.84. The Morgan fingerprint density at radius 2 is 2.11 bits per heavy atom. The molecule has 0 unspecified atom stereocenters. The quantitative estimate of drug-likeness (QED) is 0.828. The van der Waals surface area contributed by atoms with Crippen molar-refractivity contribution in [3.8, 4) is 5.75 Å². The molecule has 0 aliphatic carbocycles. The first-order chi connectivity index (χ1) is 8.41. The number of aromatic hydroxyl groups is 1. The standard InChI is InChI=1S/C15H21NO2/c1-11-6-4-7-12(13(11)17)14(18)16-9-5-8-15(2,3)10-16/h4,6-7,17H,5,8-10H2,1-3H3. The summed E-state index contributed by atoms with van der Waals surface area (Å²) in [5.74, 6) is 0.0647. The van der Waals surface area contributed by atoms with Gasteiger partial charge in [0.05, 0.1) is 5.56 Å². The number of carbonyl (C=O) groups is 1. The van der Waals surface area contributed by atoms with Gasteiger partial charge in [-0.25, -0.2) is 0 Å². The van der Waals surface area contributed by atoms with Crippen molar-refractivity contribution >= 4 is 5.91 Å². The monoisotopic (exact) mass is 247 g/mol. The Balaban J connectivity index is 2.23. The van der Waals surface area contributed by atoms with Crippen molar-refractivity contribution in [1.29, 1.82) is 0 Å². The van der Waals surface area contributed by atoms with Crippen LogP contribution in [-0.4, -0.2) is 29.0 Å². The summed E-state index contributed by atoms with van der Waals surface area (Å²) in [6.07, 6.45) is 2.18. The van der Waals surface area contributed by atoms with Gasteiger partial charge < -0.3 is 10.0 Å². The maximum absolute atomic E-state index is 12.4. The second kappa shape index (κ2) is 4.63. The first kappa shape index (κ1) is 12.9. The van der Waals surface area contributed by atoms with Crippen LogP contribution in [0.4, 0.5) is 0 Å². The lowest BCUT2D eigenvalue weighted by Gasteiger charge is -2.38. The number of rotatable bonds is 1. The molecular weight excluding hydrogens is 226 g/mol. The Bertz CT molecular complexity index is 466. The van der Waals surface area contributed by atoms with Crippen LogP contribution in [0.25, 0.3) is 0 Å². The molecular formula is C15H21NO2. The van der Waals surface area contributed by atoms with Crippen molar-refractivity contribution in [1.82, 2.24) is 4.90 Å². The van der Waals surface area contributed by atoms with Gasteiger partial charge in [0.25, 0.3) is 5.91 Å². The summed E-state index contributed by atoms with van der Waals surface area (Å²) in [6, 6.07) is 5.33. The molecule has 0 spiro atoms. The van der Waals surface area contributed by atoms with Gasteiger partial charge in [-0.3, -0.25) is 4.79 Å². The van der Waals surface area contributed by atoms with E-state index in [1.54, 1.807) is 6.07 Å². The maximum Gasteiger partial charge on any atom is 0.257 e. The normalized spacial score (nSPS) is 18.7. The van der Waals surface area contributed by atoms with Gasteiger partial charge in [0.2, 0.25) is 0 Å². The number of hydrogen-bond acceptors (Lipinski definition) is 2. The molecule has 98 valence electrons. The van der Waals surface area contributed by atoms with E-state index in [0.29, 0.717) is 5.56 Å². The number of carbonyl (C=O) groups excluding carboxylic acids is 1. The molecule has 1 saturated heterocycles. The Hall–Kier alpha value is -1.51. The zero-order valence-electron chi connectivity index (χ0n) is 11.4. The van der Waals surface area contributed by atoms with Crippen LogP contribution in [0.2, 0.25) is 0 Å². The van der Waals surface area contributed by atoms with Crippen molar-refractivity contribution in [3.05, 3.63) is 29.3 Å². The first-order valence-corrected chi connectivity index (χ1v) is 6.48. The van der Waals surface area contributed by atoms with E-state index in [1.165, 1.54) is 0 Å². The van der Waals surface area contributed by atoms with Crippen LogP contribution in [0.15, 0.2) is 18.2 Å². The molecule has 0 aromatic heterocycles. The highest BCUT2D eigenvalue weighted by Gasteiger charge is 2.30. The largest absolute Gasteiger partial charge is 0.507 e. The van der Waals surface area contributed by atoms with Gasteiger partial charge in [-0.15, -0.1) is 0 Å². The van der Waals surface area contributed by atoms with Crippen molar-refractivity contribution in [2.75, 3.05) is 13.1 Å². The summed E-state index contributed by atoms with van der Waals surface area (Å²) in [5.41, 5.74) is 1.35. The lowest BCUT2D eigenvalue weighted by Crippen LogP contribution is -2.43. The van der Waals surface area contributed by atoms with Gasteiger partial charge in [-0.2, -0.15) is 0 Å². The first-order valence-electron chi connectivity index (χ1n) is 6.48. The average Bonchev–Trinajstić information content (AvgIpc) is 2.30. The Kier molecular flexibility index (Phi) is 3.33. The van der Waals surface area contributed by atoms with Gasteiger partial charge in [0.15, 0.2) is 0 Å². The van der Waals surface area contributed by atoms with Crippen LogP contribution >= 0.6 is 0 Å². The summed E-state index contributed by atoms with van der Waals surface area (Å²) >= 11 is 0. The van der Waals surface area contributed by atoms with Crippen LogP contribution < -0.4 is 0 Å². The molecule has 1 aromatic carbocycles. The second-order valence-corrected chi connectivity index (χ2v) is 5.97. The van der Waals surface area contributed by atoms with Gasteiger partial charge in [0.1, 0.15) is 5.75 Å². The average molecular weight is 247 g/mol. The third-order valence-electron chi connectivity index (χ3n) is 3.66. The number of phenolic OH excluding ortho intramolecular Hbond substituents is 1. The smallest absolute Gasteiger partial charge is 0.257 e. The third-order valence-corrected chi connectivity index (χ3v) is 3.66. The maximum atomic E-state index is 12.4. The lowest BCUT2D eigenvalue weighted by molar-refractivity contribution is 0.0580. The number of amides is 1. The Morgan fingerprint density at radius 1 is 1.39 bits per heavy atom. The van der Waals surface area contributed by atoms with E-state index in [0.717, 1.165) is 31.5 Å². The van der Waals surface area contributed by atoms with E-state index in [-0.39, 0.29) is 17.1 Å². The van der Waals surface area contributed by atoms with Gasteiger partial charge in [-0.05, 0) is 36.8 Å². The molecule has 1 amide bonds. The molecule has 1 aliphatic heterocycles. The van der Waals surface area contributed by atoms with Gasteiger partial charge in [-0.1, -0.05) is 26.0 Å². The topological polar surface area (TPSA) is 40.5 Å². The van der Waals surface area contributed by atoms with Gasteiger partial charge in [0, 0.05) is 13.1 Å². The molecule has 18 heavy (non-hydrogen) atoms. The summed E-state index contributed by atoms with van der Waals surface area (Å²) < 4.78 is 0. The summed E-state index contributed by atoms with van der Waals surface area (Å²) in [7, 11) is 0. The van der Waals surface area contributed by atoms with Crippen LogP contribution in [-0.2, 0) is 0 Å². The molecule has 1 N–H and O–H groups in total. The highest BCUT2D eigenvalue weighted by atomic mass is 16.3. The van der Waals surface area contributed by atoms with Gasteiger partial charge >= 0.3 is 0 Å². The molecule has 0 bridgehead atoms. The SMILES string of the molecule is Cc1cccc(C(=O)N2CCCC(C)(C)C2)c1O. The van der Waals surface area contributed by atoms with Crippen molar-refractivity contribution < 1.29 is 9.90 Å². The zero-order chi connectivity index (χ0) is 13.3. The molecule has 0 radical (unpaired) electrons. The third kappa shape index (κ3) is 2.50. The number of nitrogens with zero attached hydrogens (tertiary/aromatic N) is 1. The molecule has 3 heteroatoms. The summed E-state index contributed by atoms with van der Waals surface area (Å²) in [5, 5.41) is 9.98. The predicted molar refractivity (Wildman–Crippen MR) is 71.8 cm³/mol. The fraction of sp³-hybridized carbons (Fsp3) is 0.533. The molecule has 1 fully saturated rings. The molecule has 1 aromatic rings. The minimum absolute atomic E-state index is 0.0519. The fourth-order valence-electron chi connectivity index (χ4n) is 2.60. The minimum Gasteiger partial charge on any atom is -0.507 e. The molecule has 0 saturated carbocycles. The number of aryl methyl sites for hydroxylation is 1. The van der Waals surface area contributed by atoms with Crippen LogP contribution in [0.3, 0.4) is 0 Å². The van der Waals surface area contributed by atoms with Crippen LogP contribution in [0, 0.1) is 12.3 Å². The van der Waals surface area contributed by atoms with E-state index in [2.05, 4.69) is 13.8 Å². The Morgan fingerprint density at radius 3 is 2.78 bits per heavy atom. The molecule has 2 rings (SSSR count). The highest BCUT2D eigenvalue weighted by molar-refractivity contribution is 5.97. The van der Waals surface area contributed by atoms with Crippen LogP contribution in [0.5, 0.6) is 5.75 Å². The number of para-hydroxylation sites is 1. The molecule has 1 aliphatic rings. The zero-order valence-corrected chi connectivity index (χ0v) is 11.4. The fourth-order valence-corrected chi connectivity index (χ4v) is 2.60. The van der Waals surface area contributed by atoms with Crippen molar-refractivity contribution in [2.45, 2.75) is 33.6 Å². The van der Waals surface area contributed by atoms with E-state index in [4.69, 9.17) is 0 Å². The van der Waals surface area contributed by atoms with E-state index in [9.17, 15) is 9.90 Å². The number of likely N-dealkylation sites (tertiary alicyclic amines) is 1. The molecule has 1 heterocycles. The predicted octanol–water partition coefficient (Wildman–Crippen LogP) is 2.96. The highest BCUT2D eigenvalue weighted by Crippen LogP contribution is 2.31. The van der Waals surface area contributed by atoms with E-state index >= 15 is 0 Å². The summed E-state index contributed by atoms with van der Waals surface area (Å²) in [4.78, 5) is 14.3. The number of benzene rings is 1. The second-order valence-electron chi connectivity index (χ2n) is 5.97. The minimum atomic E-state index is -0.0519. The van der Waals surface area contributed by atoms with E-state index < -0.39 is 0 Å². The Labute approximate surface area is 108 Å². The van der Waals surface area contributed by atoms with Crippen LogP contribution in [0.1, 0.15) is 42.6 Å². The van der Waals surface area contributed by atoms with Crippen molar-refractivity contribution in [3.63, 3.8) is 0 Å².